The molecule has 0 atom stereocenters. The molecule has 0 bridgehead atoms. The molecule has 1 aliphatic carbocycles. The minimum atomic E-state index is -0.525. The zero-order chi connectivity index (χ0) is 14.7. The van der Waals surface area contributed by atoms with Crippen LogP contribution in [0.5, 0.6) is 11.5 Å². The molecule has 0 unspecified atom stereocenters. The van der Waals surface area contributed by atoms with E-state index in [1.807, 2.05) is 12.1 Å². The first-order valence-electron chi connectivity index (χ1n) is 7.67. The van der Waals surface area contributed by atoms with Crippen LogP contribution in [0.2, 0.25) is 0 Å². The third-order valence-electron chi connectivity index (χ3n) is 4.22. The van der Waals surface area contributed by atoms with Crippen molar-refractivity contribution in [3.05, 3.63) is 22.2 Å². The predicted molar refractivity (Wildman–Crippen MR) is 84.9 cm³/mol. The fourth-order valence-electron chi connectivity index (χ4n) is 3.09. The third kappa shape index (κ3) is 3.71. The second-order valence-corrected chi connectivity index (χ2v) is 6.84. The molecular formula is C16H22BrNO3. The molecule has 4 nitrogen and oxygen atoms in total. The van der Waals surface area contributed by atoms with E-state index in [4.69, 9.17) is 9.47 Å². The Kier molecular flexibility index (Phi) is 4.72. The maximum Gasteiger partial charge on any atom is 0.175 e. The topological polar surface area (TPSA) is 50.7 Å². The molecule has 1 saturated carbocycles. The summed E-state index contributed by atoms with van der Waals surface area (Å²) in [5.41, 5.74) is 0.606. The number of rotatable bonds is 4. The minimum absolute atomic E-state index is 0.525. The summed E-state index contributed by atoms with van der Waals surface area (Å²) in [6.45, 7) is 2.56. The molecule has 2 N–H and O–H groups in total. The van der Waals surface area contributed by atoms with Crippen LogP contribution in [0.3, 0.4) is 0 Å². The van der Waals surface area contributed by atoms with Crippen molar-refractivity contribution in [3.63, 3.8) is 0 Å². The monoisotopic (exact) mass is 355 g/mol. The number of benzene rings is 1. The van der Waals surface area contributed by atoms with Gasteiger partial charge in [-0.15, -0.1) is 0 Å². The van der Waals surface area contributed by atoms with Gasteiger partial charge >= 0.3 is 0 Å². The lowest BCUT2D eigenvalue weighted by molar-refractivity contribution is 0.00467. The molecule has 3 rings (SSSR count). The number of halogens is 1. The molecule has 0 aromatic heterocycles. The van der Waals surface area contributed by atoms with Crippen LogP contribution in [0.1, 0.15) is 37.7 Å². The smallest absolute Gasteiger partial charge is 0.175 e. The van der Waals surface area contributed by atoms with E-state index in [2.05, 4.69) is 21.2 Å². The van der Waals surface area contributed by atoms with E-state index in [0.717, 1.165) is 53.8 Å². The fourth-order valence-corrected chi connectivity index (χ4v) is 3.70. The Bertz CT molecular complexity index is 501. The lowest BCUT2D eigenvalue weighted by atomic mass is 9.85. The Hall–Kier alpha value is -0.780. The zero-order valence-electron chi connectivity index (χ0n) is 12.2. The summed E-state index contributed by atoms with van der Waals surface area (Å²) in [4.78, 5) is 0. The molecule has 5 heteroatoms. The average Bonchev–Trinajstić information content (AvgIpc) is 2.48. The van der Waals surface area contributed by atoms with Gasteiger partial charge in [0.2, 0.25) is 0 Å². The van der Waals surface area contributed by atoms with E-state index in [1.165, 1.54) is 6.42 Å². The molecule has 1 fully saturated rings. The van der Waals surface area contributed by atoms with Crippen molar-refractivity contribution in [2.45, 2.75) is 44.2 Å². The van der Waals surface area contributed by atoms with Crippen LogP contribution in [-0.4, -0.2) is 30.5 Å². The van der Waals surface area contributed by atoms with E-state index in [1.54, 1.807) is 0 Å². The molecule has 21 heavy (non-hydrogen) atoms. The number of hydrogen-bond donors (Lipinski definition) is 2. The van der Waals surface area contributed by atoms with Crippen molar-refractivity contribution in [1.29, 1.82) is 0 Å². The number of nitrogens with one attached hydrogen (secondary N) is 1. The summed E-state index contributed by atoms with van der Waals surface area (Å²) in [5, 5.41) is 13.9. The average molecular weight is 356 g/mol. The molecular weight excluding hydrogens is 334 g/mol. The molecule has 0 amide bonds. The first-order valence-corrected chi connectivity index (χ1v) is 8.47. The normalized spacial score (nSPS) is 20.3. The van der Waals surface area contributed by atoms with Gasteiger partial charge in [0.25, 0.3) is 0 Å². The first kappa shape index (κ1) is 15.1. The fraction of sp³-hybridized carbons (Fsp3) is 0.625. The highest BCUT2D eigenvalue weighted by Gasteiger charge is 2.28. The second kappa shape index (κ2) is 6.55. The van der Waals surface area contributed by atoms with E-state index < -0.39 is 5.60 Å². The summed E-state index contributed by atoms with van der Waals surface area (Å²) in [6.07, 6.45) is 5.33. The van der Waals surface area contributed by atoms with Gasteiger partial charge in [-0.3, -0.25) is 0 Å². The number of hydrogen-bond acceptors (Lipinski definition) is 4. The number of fused-ring (bicyclic) bond motifs is 1. The van der Waals surface area contributed by atoms with E-state index in [9.17, 15) is 5.11 Å². The van der Waals surface area contributed by atoms with Crippen molar-refractivity contribution in [1.82, 2.24) is 5.32 Å². The Morgan fingerprint density at radius 1 is 1.14 bits per heavy atom. The lowest BCUT2D eigenvalue weighted by Gasteiger charge is -2.32. The Morgan fingerprint density at radius 2 is 1.90 bits per heavy atom. The standard InChI is InChI=1S/C16H22BrNO3/c17-13-8-12(9-14-15(13)21-7-6-20-14)10-18-11-16(19)4-2-1-3-5-16/h8-9,18-19H,1-7,10-11H2. The molecule has 1 aromatic rings. The first-order chi connectivity index (χ1) is 10.2. The largest absolute Gasteiger partial charge is 0.486 e. The van der Waals surface area contributed by atoms with Crippen molar-refractivity contribution in [2.24, 2.45) is 0 Å². The van der Waals surface area contributed by atoms with Crippen LogP contribution in [0.15, 0.2) is 16.6 Å². The van der Waals surface area contributed by atoms with Gasteiger partial charge in [0.05, 0.1) is 10.1 Å². The van der Waals surface area contributed by atoms with Crippen molar-refractivity contribution in [2.75, 3.05) is 19.8 Å². The lowest BCUT2D eigenvalue weighted by Crippen LogP contribution is -2.41. The number of ether oxygens (including phenoxy) is 2. The van der Waals surface area contributed by atoms with Gasteiger partial charge in [-0.05, 0) is 46.5 Å². The quantitative estimate of drug-likeness (QED) is 0.871. The van der Waals surface area contributed by atoms with Crippen molar-refractivity contribution < 1.29 is 14.6 Å². The molecule has 0 spiro atoms. The Morgan fingerprint density at radius 3 is 2.71 bits per heavy atom. The van der Waals surface area contributed by atoms with Crippen LogP contribution in [-0.2, 0) is 6.54 Å². The summed E-state index contributed by atoms with van der Waals surface area (Å²) in [5.74, 6) is 1.58. The highest BCUT2D eigenvalue weighted by Crippen LogP contribution is 2.38. The maximum absolute atomic E-state index is 10.5. The molecule has 0 saturated heterocycles. The van der Waals surface area contributed by atoms with Crippen LogP contribution in [0, 0.1) is 0 Å². The van der Waals surface area contributed by atoms with Crippen LogP contribution >= 0.6 is 15.9 Å². The summed E-state index contributed by atoms with van der Waals surface area (Å²) in [6, 6.07) is 4.06. The van der Waals surface area contributed by atoms with Crippen LogP contribution in [0.25, 0.3) is 0 Å². The van der Waals surface area contributed by atoms with Gasteiger partial charge in [-0.25, -0.2) is 0 Å². The molecule has 1 aromatic carbocycles. The van der Waals surface area contributed by atoms with E-state index in [0.29, 0.717) is 19.8 Å². The highest BCUT2D eigenvalue weighted by molar-refractivity contribution is 9.10. The highest BCUT2D eigenvalue weighted by atomic mass is 79.9. The minimum Gasteiger partial charge on any atom is -0.486 e. The molecule has 0 radical (unpaired) electrons. The van der Waals surface area contributed by atoms with Crippen molar-refractivity contribution >= 4 is 15.9 Å². The summed E-state index contributed by atoms with van der Waals surface area (Å²) >= 11 is 3.53. The Labute approximate surface area is 134 Å². The van der Waals surface area contributed by atoms with Crippen LogP contribution < -0.4 is 14.8 Å². The van der Waals surface area contributed by atoms with Crippen molar-refractivity contribution in [3.8, 4) is 11.5 Å². The van der Waals surface area contributed by atoms with E-state index >= 15 is 0 Å². The van der Waals surface area contributed by atoms with Gasteiger partial charge in [0.1, 0.15) is 13.2 Å². The van der Waals surface area contributed by atoms with Gasteiger partial charge in [0.15, 0.2) is 11.5 Å². The molecule has 1 aliphatic heterocycles. The van der Waals surface area contributed by atoms with Gasteiger partial charge in [0, 0.05) is 13.1 Å². The molecule has 1 heterocycles. The second-order valence-electron chi connectivity index (χ2n) is 5.99. The molecule has 116 valence electrons. The number of aliphatic hydroxyl groups is 1. The van der Waals surface area contributed by atoms with Gasteiger partial charge < -0.3 is 19.9 Å². The zero-order valence-corrected chi connectivity index (χ0v) is 13.7. The SMILES string of the molecule is OC1(CNCc2cc(Br)c3c(c2)OCCO3)CCCCC1. The van der Waals surface area contributed by atoms with Gasteiger partial charge in [-0.1, -0.05) is 19.3 Å². The van der Waals surface area contributed by atoms with Gasteiger partial charge in [-0.2, -0.15) is 0 Å². The third-order valence-corrected chi connectivity index (χ3v) is 4.81. The van der Waals surface area contributed by atoms with E-state index in [-0.39, 0.29) is 0 Å². The molecule has 2 aliphatic rings. The summed E-state index contributed by atoms with van der Waals surface area (Å²) in [7, 11) is 0. The van der Waals surface area contributed by atoms with Crippen LogP contribution in [0.4, 0.5) is 0 Å². The Balaban J connectivity index is 1.59. The summed E-state index contributed by atoms with van der Waals surface area (Å²) < 4.78 is 12.1. The predicted octanol–water partition coefficient (Wildman–Crippen LogP) is 3.01. The maximum atomic E-state index is 10.5.